The summed E-state index contributed by atoms with van der Waals surface area (Å²) in [5, 5.41) is 14.9. The van der Waals surface area contributed by atoms with Crippen LogP contribution in [0, 0.1) is 0 Å². The van der Waals surface area contributed by atoms with Gasteiger partial charge in [-0.3, -0.25) is 0 Å². The minimum Gasteiger partial charge on any atom is -0.493 e. The van der Waals surface area contributed by atoms with Crippen molar-refractivity contribution in [1.82, 2.24) is 5.32 Å². The highest BCUT2D eigenvalue weighted by Crippen LogP contribution is 2.16. The Morgan fingerprint density at radius 2 is 1.56 bits per heavy atom. The maximum atomic E-state index is 12.1. The van der Waals surface area contributed by atoms with Gasteiger partial charge in [-0.1, -0.05) is 54.6 Å². The van der Waals surface area contributed by atoms with E-state index in [0.29, 0.717) is 32.6 Å². The molecular formula is C27H30N2O5. The summed E-state index contributed by atoms with van der Waals surface area (Å²) in [6, 6.07) is 24.5. The Hall–Kier alpha value is -3.84. The molecule has 0 fully saturated rings. The first kappa shape index (κ1) is 24.8. The van der Waals surface area contributed by atoms with Gasteiger partial charge in [0.2, 0.25) is 0 Å². The minimum atomic E-state index is -0.962. The topological polar surface area (TPSA) is 96.9 Å². The number of urea groups is 1. The van der Waals surface area contributed by atoms with E-state index in [4.69, 9.17) is 9.47 Å². The van der Waals surface area contributed by atoms with Crippen LogP contribution >= 0.6 is 0 Å². The van der Waals surface area contributed by atoms with Crippen LogP contribution in [0.3, 0.4) is 0 Å². The Bertz CT molecular complexity index is 1040. The van der Waals surface area contributed by atoms with Gasteiger partial charge in [-0.15, -0.1) is 0 Å². The zero-order valence-electron chi connectivity index (χ0n) is 19.2. The van der Waals surface area contributed by atoms with Gasteiger partial charge in [0.15, 0.2) is 6.10 Å². The van der Waals surface area contributed by atoms with Crippen LogP contribution in [0.5, 0.6) is 5.75 Å². The predicted molar refractivity (Wildman–Crippen MR) is 131 cm³/mol. The van der Waals surface area contributed by atoms with E-state index in [1.54, 1.807) is 6.92 Å². The fourth-order valence-electron chi connectivity index (χ4n) is 3.35. The maximum absolute atomic E-state index is 12.1. The molecule has 0 unspecified atom stereocenters. The quantitative estimate of drug-likeness (QED) is 0.364. The molecule has 3 rings (SSSR count). The van der Waals surface area contributed by atoms with Crippen molar-refractivity contribution in [2.24, 2.45) is 0 Å². The average Bonchev–Trinajstić information content (AvgIpc) is 2.85. The fraction of sp³-hybridized carbons (Fsp3) is 0.259. The fourth-order valence-corrected chi connectivity index (χ4v) is 3.35. The standard InChI is InChI=1S/C27H30N2O5/c1-2-33-25(26(30)31)18-21-10-14-24(15-11-21)34-17-16-20-8-12-23(13-9-20)29-27(32)28-19-22-6-4-3-5-7-22/h3-15,25H,2,16-19H2,1H3,(H,30,31)(H2,28,29,32)/t25-/m0/s1. The summed E-state index contributed by atoms with van der Waals surface area (Å²) in [7, 11) is 0. The molecule has 0 aliphatic heterocycles. The molecule has 0 radical (unpaired) electrons. The number of amides is 2. The molecule has 0 aromatic heterocycles. The lowest BCUT2D eigenvalue weighted by Gasteiger charge is -2.13. The van der Waals surface area contributed by atoms with E-state index in [9.17, 15) is 14.7 Å². The molecule has 7 heteroatoms. The molecule has 3 aromatic rings. The number of carboxylic acids is 1. The lowest BCUT2D eigenvalue weighted by Crippen LogP contribution is -2.28. The number of carbonyl (C=O) groups is 2. The number of anilines is 1. The Morgan fingerprint density at radius 1 is 0.882 bits per heavy atom. The van der Waals surface area contributed by atoms with Gasteiger partial charge in [0.25, 0.3) is 0 Å². The Balaban J connectivity index is 1.39. The SMILES string of the molecule is CCO[C@@H](Cc1ccc(OCCc2ccc(NC(=O)NCc3ccccc3)cc2)cc1)C(=O)O. The van der Waals surface area contributed by atoms with E-state index in [0.717, 1.165) is 28.1 Å². The van der Waals surface area contributed by atoms with Crippen molar-refractivity contribution in [3.63, 3.8) is 0 Å². The van der Waals surface area contributed by atoms with Gasteiger partial charge in [-0.05, 0) is 47.9 Å². The van der Waals surface area contributed by atoms with E-state index in [1.807, 2.05) is 78.9 Å². The van der Waals surface area contributed by atoms with E-state index in [-0.39, 0.29) is 6.03 Å². The molecule has 0 saturated carbocycles. The summed E-state index contributed by atoms with van der Waals surface area (Å²) < 4.78 is 11.1. The number of carbonyl (C=O) groups excluding carboxylic acids is 1. The zero-order valence-corrected chi connectivity index (χ0v) is 19.2. The third-order valence-corrected chi connectivity index (χ3v) is 5.15. The maximum Gasteiger partial charge on any atom is 0.333 e. The van der Waals surface area contributed by atoms with Gasteiger partial charge in [0.1, 0.15) is 5.75 Å². The second-order valence-corrected chi connectivity index (χ2v) is 7.72. The summed E-state index contributed by atoms with van der Waals surface area (Å²) in [5.74, 6) is -0.239. The van der Waals surface area contributed by atoms with Crippen LogP contribution in [0.1, 0.15) is 23.6 Å². The Morgan fingerprint density at radius 3 is 2.21 bits per heavy atom. The molecule has 3 aromatic carbocycles. The molecular weight excluding hydrogens is 432 g/mol. The van der Waals surface area contributed by atoms with E-state index in [1.165, 1.54) is 0 Å². The van der Waals surface area contributed by atoms with Crippen LogP contribution in [-0.4, -0.2) is 36.4 Å². The molecule has 1 atom stereocenters. The molecule has 0 saturated heterocycles. The first-order valence-corrected chi connectivity index (χ1v) is 11.3. The minimum absolute atomic E-state index is 0.251. The van der Waals surface area contributed by atoms with Crippen molar-refractivity contribution in [3.05, 3.63) is 95.6 Å². The van der Waals surface area contributed by atoms with Crippen LogP contribution in [0.25, 0.3) is 0 Å². The largest absolute Gasteiger partial charge is 0.493 e. The first-order chi connectivity index (χ1) is 16.5. The smallest absolute Gasteiger partial charge is 0.333 e. The summed E-state index contributed by atoms with van der Waals surface area (Å²) in [6.45, 7) is 3.10. The number of nitrogens with one attached hydrogen (secondary N) is 2. The predicted octanol–water partition coefficient (Wildman–Crippen LogP) is 4.66. The van der Waals surface area contributed by atoms with Crippen molar-refractivity contribution in [2.45, 2.75) is 32.4 Å². The summed E-state index contributed by atoms with van der Waals surface area (Å²) in [5.41, 5.74) is 3.73. The normalized spacial score (nSPS) is 11.4. The molecule has 0 spiro atoms. The van der Waals surface area contributed by atoms with Crippen molar-refractivity contribution in [1.29, 1.82) is 0 Å². The monoisotopic (exact) mass is 462 g/mol. The molecule has 0 aliphatic carbocycles. The summed E-state index contributed by atoms with van der Waals surface area (Å²) in [6.07, 6.45) is 0.186. The van der Waals surface area contributed by atoms with Gasteiger partial charge < -0.3 is 25.2 Å². The van der Waals surface area contributed by atoms with Crippen molar-refractivity contribution in [3.8, 4) is 5.75 Å². The highest BCUT2D eigenvalue weighted by molar-refractivity contribution is 5.89. The first-order valence-electron chi connectivity index (χ1n) is 11.3. The zero-order chi connectivity index (χ0) is 24.2. The Labute approximate surface area is 199 Å². The van der Waals surface area contributed by atoms with Crippen LogP contribution in [0.15, 0.2) is 78.9 Å². The van der Waals surface area contributed by atoms with E-state index < -0.39 is 12.1 Å². The number of hydrogen-bond donors (Lipinski definition) is 3. The highest BCUT2D eigenvalue weighted by Gasteiger charge is 2.17. The lowest BCUT2D eigenvalue weighted by molar-refractivity contribution is -0.149. The number of carboxylic acid groups (broad SMARTS) is 1. The van der Waals surface area contributed by atoms with Crippen LogP contribution in [0.4, 0.5) is 10.5 Å². The molecule has 7 nitrogen and oxygen atoms in total. The van der Waals surface area contributed by atoms with Gasteiger partial charge in [0.05, 0.1) is 6.61 Å². The number of hydrogen-bond acceptors (Lipinski definition) is 4. The lowest BCUT2D eigenvalue weighted by atomic mass is 10.1. The van der Waals surface area contributed by atoms with Crippen molar-refractivity contribution in [2.75, 3.05) is 18.5 Å². The van der Waals surface area contributed by atoms with Crippen LogP contribution < -0.4 is 15.4 Å². The second-order valence-electron chi connectivity index (χ2n) is 7.72. The molecule has 0 aliphatic rings. The van der Waals surface area contributed by atoms with Gasteiger partial charge in [0, 0.05) is 31.7 Å². The van der Waals surface area contributed by atoms with Crippen LogP contribution in [-0.2, 0) is 28.9 Å². The van der Waals surface area contributed by atoms with Gasteiger partial charge in [-0.25, -0.2) is 9.59 Å². The molecule has 34 heavy (non-hydrogen) atoms. The van der Waals surface area contributed by atoms with E-state index >= 15 is 0 Å². The molecule has 3 N–H and O–H groups in total. The number of rotatable bonds is 12. The van der Waals surface area contributed by atoms with Crippen LogP contribution in [0.2, 0.25) is 0 Å². The molecule has 178 valence electrons. The third-order valence-electron chi connectivity index (χ3n) is 5.15. The third kappa shape index (κ3) is 8.26. The summed E-state index contributed by atoms with van der Waals surface area (Å²) >= 11 is 0. The average molecular weight is 463 g/mol. The van der Waals surface area contributed by atoms with Gasteiger partial charge in [-0.2, -0.15) is 0 Å². The van der Waals surface area contributed by atoms with E-state index in [2.05, 4.69) is 10.6 Å². The molecule has 0 bridgehead atoms. The number of benzene rings is 3. The van der Waals surface area contributed by atoms with Crippen molar-refractivity contribution < 1.29 is 24.2 Å². The van der Waals surface area contributed by atoms with Crippen molar-refractivity contribution >= 4 is 17.7 Å². The number of aliphatic carboxylic acids is 1. The molecule has 2 amide bonds. The second kappa shape index (κ2) is 13.0. The summed E-state index contributed by atoms with van der Waals surface area (Å²) in [4.78, 5) is 23.3. The van der Waals surface area contributed by atoms with Gasteiger partial charge >= 0.3 is 12.0 Å². The molecule has 0 heterocycles. The number of ether oxygens (including phenoxy) is 2. The Kier molecular flexibility index (Phi) is 9.49. The highest BCUT2D eigenvalue weighted by atomic mass is 16.5.